The molecule has 0 bridgehead atoms. The van der Waals surface area contributed by atoms with Crippen LogP contribution in [0, 0.1) is 5.92 Å². The number of rotatable bonds is 3. The predicted molar refractivity (Wildman–Crippen MR) is 97.3 cm³/mol. The van der Waals surface area contributed by atoms with Gasteiger partial charge in [-0.15, -0.1) is 0 Å². The molecule has 2 aromatic rings. The third kappa shape index (κ3) is 3.07. The van der Waals surface area contributed by atoms with Gasteiger partial charge in [-0.3, -0.25) is 9.78 Å². The van der Waals surface area contributed by atoms with Crippen LogP contribution in [0.1, 0.15) is 32.1 Å². The van der Waals surface area contributed by atoms with E-state index < -0.39 is 0 Å². The van der Waals surface area contributed by atoms with Crippen molar-refractivity contribution in [1.29, 1.82) is 0 Å². The normalized spacial score (nSPS) is 21.5. The standard InChI is InChI=1S/C19H22ClN3O/c20-14-5-6-17-16(11-14)18(7-9-21-17)22-15-8-10-23(12-15)19(24)13-3-1-2-4-13/h5-7,9,11,13,15H,1-4,8,10,12H2,(H,21,22). The van der Waals surface area contributed by atoms with Crippen LogP contribution in [-0.4, -0.2) is 34.9 Å². The van der Waals surface area contributed by atoms with Crippen LogP contribution in [0.2, 0.25) is 5.02 Å². The maximum Gasteiger partial charge on any atom is 0.225 e. The van der Waals surface area contributed by atoms with E-state index in [0.717, 1.165) is 48.9 Å². The number of nitrogens with one attached hydrogen (secondary N) is 1. The van der Waals surface area contributed by atoms with E-state index in [2.05, 4.69) is 10.3 Å². The van der Waals surface area contributed by atoms with E-state index in [1.807, 2.05) is 35.4 Å². The molecule has 1 N–H and O–H groups in total. The number of amides is 1. The molecule has 1 aromatic heterocycles. The molecule has 1 unspecified atom stereocenters. The van der Waals surface area contributed by atoms with Gasteiger partial charge in [0, 0.05) is 47.3 Å². The van der Waals surface area contributed by atoms with Gasteiger partial charge in [-0.2, -0.15) is 0 Å². The van der Waals surface area contributed by atoms with E-state index in [0.29, 0.717) is 17.0 Å². The summed E-state index contributed by atoms with van der Waals surface area (Å²) in [4.78, 5) is 19.0. The summed E-state index contributed by atoms with van der Waals surface area (Å²) in [5.74, 6) is 0.628. The second-order valence-corrected chi connectivity index (χ2v) is 7.35. The van der Waals surface area contributed by atoms with Gasteiger partial charge in [-0.05, 0) is 43.5 Å². The summed E-state index contributed by atoms with van der Waals surface area (Å²) in [6.07, 6.45) is 7.35. The van der Waals surface area contributed by atoms with Crippen LogP contribution >= 0.6 is 11.6 Å². The molecule has 1 aliphatic heterocycles. The van der Waals surface area contributed by atoms with E-state index >= 15 is 0 Å². The fourth-order valence-electron chi connectivity index (χ4n) is 3.97. The molecule has 4 nitrogen and oxygen atoms in total. The quantitative estimate of drug-likeness (QED) is 0.912. The fraction of sp³-hybridized carbons (Fsp3) is 0.474. The molecule has 0 spiro atoms. The lowest BCUT2D eigenvalue weighted by atomic mass is 10.1. The van der Waals surface area contributed by atoms with E-state index in [9.17, 15) is 4.79 Å². The Morgan fingerprint density at radius 2 is 2.04 bits per heavy atom. The van der Waals surface area contributed by atoms with Gasteiger partial charge in [0.25, 0.3) is 0 Å². The van der Waals surface area contributed by atoms with Crippen LogP contribution < -0.4 is 5.32 Å². The number of likely N-dealkylation sites (tertiary alicyclic amines) is 1. The average Bonchev–Trinajstić information content (AvgIpc) is 3.26. The Balaban J connectivity index is 1.47. The average molecular weight is 344 g/mol. The van der Waals surface area contributed by atoms with Gasteiger partial charge in [-0.25, -0.2) is 0 Å². The number of carbonyl (C=O) groups excluding carboxylic acids is 1. The molecule has 126 valence electrons. The SMILES string of the molecule is O=C(C1CCCC1)N1CCC(Nc2ccnc3ccc(Cl)cc23)C1. The number of aromatic nitrogens is 1. The Bertz CT molecular complexity index is 757. The van der Waals surface area contributed by atoms with E-state index in [1.54, 1.807) is 0 Å². The summed E-state index contributed by atoms with van der Waals surface area (Å²) in [7, 11) is 0. The van der Waals surface area contributed by atoms with Gasteiger partial charge in [0.05, 0.1) is 5.52 Å². The Labute approximate surface area is 147 Å². The molecule has 4 rings (SSSR count). The number of halogens is 1. The Morgan fingerprint density at radius 3 is 2.88 bits per heavy atom. The maximum atomic E-state index is 12.6. The van der Waals surface area contributed by atoms with Crippen LogP contribution in [0.5, 0.6) is 0 Å². The number of hydrogen-bond donors (Lipinski definition) is 1. The lowest BCUT2D eigenvalue weighted by Gasteiger charge is -2.21. The highest BCUT2D eigenvalue weighted by Crippen LogP contribution is 2.30. The molecule has 1 saturated heterocycles. The van der Waals surface area contributed by atoms with Gasteiger partial charge in [0.1, 0.15) is 0 Å². The van der Waals surface area contributed by atoms with Crippen molar-refractivity contribution in [1.82, 2.24) is 9.88 Å². The Hall–Kier alpha value is -1.81. The van der Waals surface area contributed by atoms with Crippen molar-refractivity contribution in [2.45, 2.75) is 38.1 Å². The summed E-state index contributed by atoms with van der Waals surface area (Å²) >= 11 is 6.14. The molecule has 5 heteroatoms. The highest BCUT2D eigenvalue weighted by atomic mass is 35.5. The number of fused-ring (bicyclic) bond motifs is 1. The number of hydrogen-bond acceptors (Lipinski definition) is 3. The number of pyridine rings is 1. The van der Waals surface area contributed by atoms with Crippen LogP contribution in [-0.2, 0) is 4.79 Å². The van der Waals surface area contributed by atoms with Crippen molar-refractivity contribution >= 4 is 34.1 Å². The van der Waals surface area contributed by atoms with Gasteiger partial charge < -0.3 is 10.2 Å². The topological polar surface area (TPSA) is 45.2 Å². The number of nitrogens with zero attached hydrogens (tertiary/aromatic N) is 2. The molecule has 2 heterocycles. The van der Waals surface area contributed by atoms with E-state index in [1.165, 1.54) is 12.8 Å². The first-order chi connectivity index (χ1) is 11.7. The summed E-state index contributed by atoms with van der Waals surface area (Å²) in [5, 5.41) is 5.34. The zero-order valence-corrected chi connectivity index (χ0v) is 14.4. The third-order valence-electron chi connectivity index (χ3n) is 5.27. The molecular weight excluding hydrogens is 322 g/mol. The summed E-state index contributed by atoms with van der Waals surface area (Å²) in [6, 6.07) is 8.02. The second-order valence-electron chi connectivity index (χ2n) is 6.92. The molecule has 1 aliphatic carbocycles. The largest absolute Gasteiger partial charge is 0.380 e. The lowest BCUT2D eigenvalue weighted by molar-refractivity contribution is -0.134. The van der Waals surface area contributed by atoms with Gasteiger partial charge in [0.2, 0.25) is 5.91 Å². The lowest BCUT2D eigenvalue weighted by Crippen LogP contribution is -2.35. The molecule has 2 aliphatic rings. The minimum absolute atomic E-state index is 0.268. The van der Waals surface area contributed by atoms with E-state index in [4.69, 9.17) is 11.6 Å². The first-order valence-corrected chi connectivity index (χ1v) is 9.18. The number of benzene rings is 1. The Morgan fingerprint density at radius 1 is 1.21 bits per heavy atom. The minimum Gasteiger partial charge on any atom is -0.380 e. The molecule has 1 atom stereocenters. The van der Waals surface area contributed by atoms with Crippen molar-refractivity contribution in [3.05, 3.63) is 35.5 Å². The van der Waals surface area contributed by atoms with Crippen LogP contribution in [0.3, 0.4) is 0 Å². The summed E-state index contributed by atoms with van der Waals surface area (Å²) in [6.45, 7) is 1.65. The predicted octanol–water partition coefficient (Wildman–Crippen LogP) is 4.09. The molecule has 1 aromatic carbocycles. The minimum atomic E-state index is 0.268. The monoisotopic (exact) mass is 343 g/mol. The van der Waals surface area contributed by atoms with Gasteiger partial charge in [0.15, 0.2) is 0 Å². The third-order valence-corrected chi connectivity index (χ3v) is 5.50. The van der Waals surface area contributed by atoms with E-state index in [-0.39, 0.29) is 5.92 Å². The summed E-state index contributed by atoms with van der Waals surface area (Å²) < 4.78 is 0. The highest BCUT2D eigenvalue weighted by Gasteiger charge is 2.32. The fourth-order valence-corrected chi connectivity index (χ4v) is 4.15. The molecular formula is C19H22ClN3O. The maximum absolute atomic E-state index is 12.6. The van der Waals surface area contributed by atoms with Gasteiger partial charge >= 0.3 is 0 Å². The van der Waals surface area contributed by atoms with Crippen molar-refractivity contribution < 1.29 is 4.79 Å². The molecule has 2 fully saturated rings. The molecule has 0 radical (unpaired) electrons. The number of anilines is 1. The molecule has 24 heavy (non-hydrogen) atoms. The smallest absolute Gasteiger partial charge is 0.225 e. The zero-order chi connectivity index (χ0) is 16.5. The van der Waals surface area contributed by atoms with Crippen molar-refractivity contribution in [3.8, 4) is 0 Å². The first kappa shape index (κ1) is 15.7. The number of carbonyl (C=O) groups is 1. The van der Waals surface area contributed by atoms with Crippen LogP contribution in [0.25, 0.3) is 10.9 Å². The Kier molecular flexibility index (Phi) is 4.31. The van der Waals surface area contributed by atoms with Crippen LogP contribution in [0.4, 0.5) is 5.69 Å². The van der Waals surface area contributed by atoms with Gasteiger partial charge in [-0.1, -0.05) is 24.4 Å². The van der Waals surface area contributed by atoms with Crippen molar-refractivity contribution in [3.63, 3.8) is 0 Å². The van der Waals surface area contributed by atoms with Crippen LogP contribution in [0.15, 0.2) is 30.5 Å². The summed E-state index contributed by atoms with van der Waals surface area (Å²) in [5.41, 5.74) is 1.98. The first-order valence-electron chi connectivity index (χ1n) is 8.80. The molecule has 1 saturated carbocycles. The molecule has 1 amide bonds. The van der Waals surface area contributed by atoms with Crippen molar-refractivity contribution in [2.75, 3.05) is 18.4 Å². The zero-order valence-electron chi connectivity index (χ0n) is 13.7. The van der Waals surface area contributed by atoms with Crippen molar-refractivity contribution in [2.24, 2.45) is 5.92 Å². The second kappa shape index (κ2) is 6.60. The highest BCUT2D eigenvalue weighted by molar-refractivity contribution is 6.31.